The van der Waals surface area contributed by atoms with Gasteiger partial charge in [-0.25, -0.2) is 0 Å². The normalized spacial score (nSPS) is 14.3. The summed E-state index contributed by atoms with van der Waals surface area (Å²) < 4.78 is 16.3. The number of carbonyl (C=O) groups is 1. The maximum Gasteiger partial charge on any atom is 0.249 e. The van der Waals surface area contributed by atoms with Crippen LogP contribution in [0, 0.1) is 5.92 Å². The first-order valence-electron chi connectivity index (χ1n) is 10.2. The van der Waals surface area contributed by atoms with Crippen LogP contribution in [0.25, 0.3) is 11.4 Å². The molecule has 1 amide bonds. The van der Waals surface area contributed by atoms with Crippen LogP contribution in [0.1, 0.15) is 44.2 Å². The van der Waals surface area contributed by atoms with E-state index in [0.717, 1.165) is 17.5 Å². The van der Waals surface area contributed by atoms with Gasteiger partial charge < -0.3 is 19.3 Å². The fraction of sp³-hybridized carbons (Fsp3) is 0.348. The van der Waals surface area contributed by atoms with E-state index in [4.69, 9.17) is 14.0 Å². The van der Waals surface area contributed by atoms with Crippen molar-refractivity contribution in [3.63, 3.8) is 0 Å². The Morgan fingerprint density at radius 2 is 1.93 bits per heavy atom. The van der Waals surface area contributed by atoms with Gasteiger partial charge in [0.25, 0.3) is 0 Å². The fourth-order valence-corrected chi connectivity index (χ4v) is 3.35. The van der Waals surface area contributed by atoms with E-state index in [0.29, 0.717) is 36.1 Å². The maximum absolute atomic E-state index is 12.6. The number of nitrogens with one attached hydrogen (secondary N) is 1. The maximum atomic E-state index is 12.6. The van der Waals surface area contributed by atoms with E-state index in [1.165, 1.54) is 0 Å². The van der Waals surface area contributed by atoms with Crippen molar-refractivity contribution in [3.8, 4) is 22.9 Å². The molecule has 0 saturated carbocycles. The predicted molar refractivity (Wildman–Crippen MR) is 111 cm³/mol. The van der Waals surface area contributed by atoms with Gasteiger partial charge in [-0.2, -0.15) is 4.98 Å². The minimum atomic E-state index is -0.339. The van der Waals surface area contributed by atoms with Gasteiger partial charge in [-0.3, -0.25) is 4.79 Å². The highest BCUT2D eigenvalue weighted by Crippen LogP contribution is 2.35. The topological polar surface area (TPSA) is 86.5 Å². The largest absolute Gasteiger partial charge is 0.454 e. The Kier molecular flexibility index (Phi) is 5.97. The first-order chi connectivity index (χ1) is 14.6. The van der Waals surface area contributed by atoms with Gasteiger partial charge in [-0.05, 0) is 36.1 Å². The number of aryl methyl sites for hydroxylation is 1. The Bertz CT molecular complexity index is 1000. The number of carbonyl (C=O) groups excluding carboxylic acids is 1. The molecule has 7 nitrogen and oxygen atoms in total. The third-order valence-corrected chi connectivity index (χ3v) is 5.35. The summed E-state index contributed by atoms with van der Waals surface area (Å²) in [4.78, 5) is 17.2. The van der Waals surface area contributed by atoms with Crippen LogP contribution in [-0.4, -0.2) is 22.8 Å². The van der Waals surface area contributed by atoms with Crippen LogP contribution in [0.3, 0.4) is 0 Å². The third kappa shape index (κ3) is 4.45. The average molecular weight is 407 g/mol. The van der Waals surface area contributed by atoms with Crippen molar-refractivity contribution in [2.24, 2.45) is 5.92 Å². The zero-order valence-electron chi connectivity index (χ0n) is 17.1. The molecule has 0 fully saturated rings. The Morgan fingerprint density at radius 1 is 1.13 bits per heavy atom. The summed E-state index contributed by atoms with van der Waals surface area (Å²) >= 11 is 0. The van der Waals surface area contributed by atoms with Crippen LogP contribution in [0.2, 0.25) is 0 Å². The minimum Gasteiger partial charge on any atom is -0.454 e. The first kappa shape index (κ1) is 19.9. The van der Waals surface area contributed by atoms with Gasteiger partial charge in [0.1, 0.15) is 6.04 Å². The number of rotatable bonds is 8. The van der Waals surface area contributed by atoms with Gasteiger partial charge in [0, 0.05) is 12.0 Å². The third-order valence-electron chi connectivity index (χ3n) is 5.35. The molecule has 7 heteroatoms. The lowest BCUT2D eigenvalue weighted by Gasteiger charge is -2.20. The fourth-order valence-electron chi connectivity index (χ4n) is 3.35. The van der Waals surface area contributed by atoms with Crippen molar-refractivity contribution in [1.82, 2.24) is 15.5 Å². The zero-order valence-corrected chi connectivity index (χ0v) is 17.1. The Morgan fingerprint density at radius 3 is 2.73 bits per heavy atom. The highest BCUT2D eigenvalue weighted by atomic mass is 16.7. The molecule has 1 aliphatic rings. The summed E-state index contributed by atoms with van der Waals surface area (Å²) in [5.74, 6) is 2.33. The highest BCUT2D eigenvalue weighted by molar-refractivity contribution is 5.76. The van der Waals surface area contributed by atoms with Crippen LogP contribution in [0.15, 0.2) is 53.1 Å². The summed E-state index contributed by atoms with van der Waals surface area (Å²) in [6.45, 7) is 4.34. The molecule has 2 aromatic carbocycles. The lowest BCUT2D eigenvalue weighted by atomic mass is 9.98. The van der Waals surface area contributed by atoms with Gasteiger partial charge in [-0.1, -0.05) is 55.8 Å². The highest BCUT2D eigenvalue weighted by Gasteiger charge is 2.27. The Balaban J connectivity index is 1.46. The molecule has 1 aliphatic heterocycles. The number of fused-ring (bicyclic) bond motifs is 1. The molecule has 1 N–H and O–H groups in total. The molecule has 2 heterocycles. The molecule has 3 aromatic rings. The Labute approximate surface area is 175 Å². The van der Waals surface area contributed by atoms with Crippen molar-refractivity contribution in [3.05, 3.63) is 60.0 Å². The second-order valence-corrected chi connectivity index (χ2v) is 7.44. The van der Waals surface area contributed by atoms with Crippen molar-refractivity contribution in [2.45, 2.75) is 39.2 Å². The predicted octanol–water partition coefficient (Wildman–Crippen LogP) is 4.30. The minimum absolute atomic E-state index is 0.0352. The van der Waals surface area contributed by atoms with Crippen LogP contribution >= 0.6 is 0 Å². The van der Waals surface area contributed by atoms with Crippen molar-refractivity contribution >= 4 is 5.91 Å². The van der Waals surface area contributed by atoms with Crippen LogP contribution in [0.4, 0.5) is 0 Å². The van der Waals surface area contributed by atoms with E-state index >= 15 is 0 Å². The van der Waals surface area contributed by atoms with Crippen molar-refractivity contribution in [2.75, 3.05) is 6.79 Å². The molecule has 0 bridgehead atoms. The number of ether oxygens (including phenoxy) is 2. The SMILES string of the molecule is CC[C@@H](C)[C@@H](NC(=O)CCc1ccccc1)c1nc(-c2ccc3c(c2)OCO3)no1. The summed E-state index contributed by atoms with van der Waals surface area (Å²) in [7, 11) is 0. The summed E-state index contributed by atoms with van der Waals surface area (Å²) in [6.07, 6.45) is 1.96. The summed E-state index contributed by atoms with van der Waals surface area (Å²) in [5, 5.41) is 7.20. The molecule has 2 atom stereocenters. The van der Waals surface area contributed by atoms with Crippen molar-refractivity contribution < 1.29 is 18.8 Å². The Hall–Kier alpha value is -3.35. The molecule has 4 rings (SSSR count). The number of hydrogen-bond donors (Lipinski definition) is 1. The molecular weight excluding hydrogens is 382 g/mol. The number of amides is 1. The zero-order chi connectivity index (χ0) is 20.9. The van der Waals surface area contributed by atoms with Gasteiger partial charge in [0.2, 0.25) is 24.4 Å². The smallest absolute Gasteiger partial charge is 0.249 e. The summed E-state index contributed by atoms with van der Waals surface area (Å²) in [5.41, 5.74) is 1.91. The molecule has 1 aromatic heterocycles. The second kappa shape index (κ2) is 8.98. The average Bonchev–Trinajstić information content (AvgIpc) is 3.45. The molecule has 0 saturated heterocycles. The summed E-state index contributed by atoms with van der Waals surface area (Å²) in [6, 6.07) is 15.1. The quantitative estimate of drug-likeness (QED) is 0.599. The molecular formula is C23H25N3O4. The van der Waals surface area contributed by atoms with E-state index in [1.807, 2.05) is 48.5 Å². The van der Waals surface area contributed by atoms with Crippen LogP contribution in [-0.2, 0) is 11.2 Å². The van der Waals surface area contributed by atoms with E-state index in [2.05, 4.69) is 29.3 Å². The molecule has 30 heavy (non-hydrogen) atoms. The van der Waals surface area contributed by atoms with E-state index in [1.54, 1.807) is 0 Å². The molecule has 0 aliphatic carbocycles. The first-order valence-corrected chi connectivity index (χ1v) is 10.2. The van der Waals surface area contributed by atoms with Gasteiger partial charge in [0.15, 0.2) is 11.5 Å². The molecule has 0 radical (unpaired) electrons. The van der Waals surface area contributed by atoms with Gasteiger partial charge in [0.05, 0.1) is 0 Å². The van der Waals surface area contributed by atoms with E-state index in [9.17, 15) is 4.79 Å². The lowest BCUT2D eigenvalue weighted by molar-refractivity contribution is -0.122. The molecule has 0 unspecified atom stereocenters. The standard InChI is InChI=1S/C23H25N3O4/c1-3-15(2)21(24-20(27)12-9-16-7-5-4-6-8-16)23-25-22(26-30-23)17-10-11-18-19(13-17)29-14-28-18/h4-8,10-11,13,15,21H,3,9,12,14H2,1-2H3,(H,24,27)/t15-,21-/m1/s1. The van der Waals surface area contributed by atoms with Crippen LogP contribution < -0.4 is 14.8 Å². The number of benzene rings is 2. The van der Waals surface area contributed by atoms with Crippen LogP contribution in [0.5, 0.6) is 11.5 Å². The second-order valence-electron chi connectivity index (χ2n) is 7.44. The van der Waals surface area contributed by atoms with E-state index < -0.39 is 0 Å². The van der Waals surface area contributed by atoms with Gasteiger partial charge >= 0.3 is 0 Å². The molecule has 0 spiro atoms. The number of nitrogens with zero attached hydrogens (tertiary/aromatic N) is 2. The monoisotopic (exact) mass is 407 g/mol. The number of aromatic nitrogens is 2. The van der Waals surface area contributed by atoms with Gasteiger partial charge in [-0.15, -0.1) is 0 Å². The lowest BCUT2D eigenvalue weighted by Crippen LogP contribution is -2.32. The number of hydrogen-bond acceptors (Lipinski definition) is 6. The van der Waals surface area contributed by atoms with E-state index in [-0.39, 0.29) is 24.7 Å². The van der Waals surface area contributed by atoms with Crippen molar-refractivity contribution in [1.29, 1.82) is 0 Å². The molecule has 156 valence electrons.